The number of halogens is 3. The van der Waals surface area contributed by atoms with E-state index in [2.05, 4.69) is 31.9 Å². The van der Waals surface area contributed by atoms with Crippen LogP contribution in [0.15, 0.2) is 34.8 Å². The molecule has 2 rings (SSSR count). The molecule has 1 unspecified atom stereocenters. The van der Waals surface area contributed by atoms with Gasteiger partial charge in [-0.2, -0.15) is 0 Å². The highest BCUT2D eigenvalue weighted by Gasteiger charge is 2.20. The molecule has 0 saturated carbocycles. The lowest BCUT2D eigenvalue weighted by molar-refractivity contribution is 0.354. The fraction of sp³-hybridized carbons (Fsp3) is 0.250. The van der Waals surface area contributed by atoms with E-state index < -0.39 is 0 Å². The molecule has 0 amide bonds. The number of ether oxygens (including phenoxy) is 2. The van der Waals surface area contributed by atoms with Crippen LogP contribution < -0.4 is 9.47 Å². The van der Waals surface area contributed by atoms with Crippen LogP contribution in [0.4, 0.5) is 4.39 Å². The van der Waals surface area contributed by atoms with Crippen LogP contribution in [0, 0.1) is 12.7 Å². The Kier molecular flexibility index (Phi) is 5.27. The second-order valence-corrected chi connectivity index (χ2v) is 6.39. The van der Waals surface area contributed by atoms with Crippen LogP contribution in [-0.4, -0.2) is 14.2 Å². The fourth-order valence-electron chi connectivity index (χ4n) is 2.09. The molecule has 0 saturated heterocycles. The average Bonchev–Trinajstić information content (AvgIpc) is 2.48. The van der Waals surface area contributed by atoms with Gasteiger partial charge in [0.25, 0.3) is 0 Å². The Morgan fingerprint density at radius 1 is 1.00 bits per heavy atom. The van der Waals surface area contributed by atoms with E-state index in [1.54, 1.807) is 20.3 Å². The first-order valence-corrected chi connectivity index (χ1v) is 8.00. The van der Waals surface area contributed by atoms with Crippen LogP contribution in [0.2, 0.25) is 0 Å². The molecule has 5 heteroatoms. The van der Waals surface area contributed by atoms with Gasteiger partial charge in [-0.1, -0.05) is 49.6 Å². The van der Waals surface area contributed by atoms with E-state index in [0.29, 0.717) is 17.1 Å². The summed E-state index contributed by atoms with van der Waals surface area (Å²) in [4.78, 5) is -0.286. The number of hydrogen-bond acceptors (Lipinski definition) is 2. The molecule has 112 valence electrons. The second kappa shape index (κ2) is 6.79. The lowest BCUT2D eigenvalue weighted by atomic mass is 10.0. The summed E-state index contributed by atoms with van der Waals surface area (Å²) in [5.41, 5.74) is 2.47. The van der Waals surface area contributed by atoms with Crippen molar-refractivity contribution >= 4 is 31.9 Å². The maximum absolute atomic E-state index is 14.1. The van der Waals surface area contributed by atoms with Crippen molar-refractivity contribution in [3.63, 3.8) is 0 Å². The molecule has 2 nitrogen and oxygen atoms in total. The van der Waals surface area contributed by atoms with Gasteiger partial charge < -0.3 is 9.47 Å². The quantitative estimate of drug-likeness (QED) is 0.620. The monoisotopic (exact) mass is 416 g/mol. The summed E-state index contributed by atoms with van der Waals surface area (Å²) in [7, 11) is 3.15. The zero-order valence-electron chi connectivity index (χ0n) is 11.9. The lowest BCUT2D eigenvalue weighted by Crippen LogP contribution is -2.00. The standard InChI is InChI=1S/C16H15Br2FO2/c1-9-4-5-13(19)11(6-9)16(18)10-7-14(20-2)15(21-3)8-12(10)17/h4-8,16H,1-3H3. The van der Waals surface area contributed by atoms with Gasteiger partial charge in [-0.15, -0.1) is 0 Å². The zero-order valence-corrected chi connectivity index (χ0v) is 15.1. The predicted octanol–water partition coefficient (Wildman–Crippen LogP) is 5.40. The second-order valence-electron chi connectivity index (χ2n) is 4.62. The van der Waals surface area contributed by atoms with E-state index in [9.17, 15) is 4.39 Å². The maximum Gasteiger partial charge on any atom is 0.161 e. The van der Waals surface area contributed by atoms with Gasteiger partial charge >= 0.3 is 0 Å². The summed E-state index contributed by atoms with van der Waals surface area (Å²) in [5, 5.41) is 0. The highest BCUT2D eigenvalue weighted by Crippen LogP contribution is 2.42. The first kappa shape index (κ1) is 16.3. The smallest absolute Gasteiger partial charge is 0.161 e. The molecule has 2 aromatic carbocycles. The molecule has 0 radical (unpaired) electrons. The third-order valence-electron chi connectivity index (χ3n) is 3.20. The largest absolute Gasteiger partial charge is 0.493 e. The number of rotatable bonds is 4. The Morgan fingerprint density at radius 3 is 2.24 bits per heavy atom. The predicted molar refractivity (Wildman–Crippen MR) is 89.2 cm³/mol. The van der Waals surface area contributed by atoms with E-state index in [-0.39, 0.29) is 10.6 Å². The van der Waals surface area contributed by atoms with Crippen LogP contribution in [0.3, 0.4) is 0 Å². The van der Waals surface area contributed by atoms with E-state index in [1.807, 2.05) is 25.1 Å². The molecule has 0 aromatic heterocycles. The molecule has 2 aromatic rings. The summed E-state index contributed by atoms with van der Waals surface area (Å²) in [6.07, 6.45) is 0. The van der Waals surface area contributed by atoms with Crippen molar-refractivity contribution in [2.24, 2.45) is 0 Å². The Bertz CT molecular complexity index is 659. The van der Waals surface area contributed by atoms with Crippen LogP contribution in [0.25, 0.3) is 0 Å². The summed E-state index contributed by atoms with van der Waals surface area (Å²) >= 11 is 7.08. The number of methoxy groups -OCH3 is 2. The summed E-state index contributed by atoms with van der Waals surface area (Å²) < 4.78 is 25.5. The van der Waals surface area contributed by atoms with Gasteiger partial charge in [0.05, 0.1) is 19.0 Å². The van der Waals surface area contributed by atoms with E-state index in [0.717, 1.165) is 15.6 Å². The van der Waals surface area contributed by atoms with Crippen molar-refractivity contribution in [1.82, 2.24) is 0 Å². The van der Waals surface area contributed by atoms with Gasteiger partial charge in [0, 0.05) is 10.0 Å². The average molecular weight is 418 g/mol. The van der Waals surface area contributed by atoms with Gasteiger partial charge in [-0.25, -0.2) is 4.39 Å². The molecule has 0 fully saturated rings. The third-order valence-corrected chi connectivity index (χ3v) is 4.87. The maximum atomic E-state index is 14.1. The molecular weight excluding hydrogens is 403 g/mol. The van der Waals surface area contributed by atoms with Gasteiger partial charge in [-0.3, -0.25) is 0 Å². The van der Waals surface area contributed by atoms with Gasteiger partial charge in [0.15, 0.2) is 11.5 Å². The molecule has 0 bridgehead atoms. The topological polar surface area (TPSA) is 18.5 Å². The number of aryl methyl sites for hydroxylation is 1. The Balaban J connectivity index is 2.52. The number of benzene rings is 2. The van der Waals surface area contributed by atoms with Crippen molar-refractivity contribution < 1.29 is 13.9 Å². The molecule has 0 N–H and O–H groups in total. The molecular formula is C16H15Br2FO2. The molecule has 0 spiro atoms. The van der Waals surface area contributed by atoms with Gasteiger partial charge in [-0.05, 0) is 30.7 Å². The molecule has 0 aliphatic rings. The summed E-state index contributed by atoms with van der Waals surface area (Å²) in [5.74, 6) is 0.981. The first-order chi connectivity index (χ1) is 9.97. The van der Waals surface area contributed by atoms with Crippen molar-refractivity contribution in [3.05, 3.63) is 57.3 Å². The molecule has 1 atom stereocenters. The van der Waals surface area contributed by atoms with E-state index >= 15 is 0 Å². The lowest BCUT2D eigenvalue weighted by Gasteiger charge is -2.17. The summed E-state index contributed by atoms with van der Waals surface area (Å²) in [6, 6.07) is 8.72. The van der Waals surface area contributed by atoms with E-state index in [1.165, 1.54) is 6.07 Å². The fourth-order valence-corrected chi connectivity index (χ4v) is 3.68. The van der Waals surface area contributed by atoms with Crippen molar-refractivity contribution in [2.75, 3.05) is 14.2 Å². The van der Waals surface area contributed by atoms with Crippen molar-refractivity contribution in [2.45, 2.75) is 11.8 Å². The summed E-state index contributed by atoms with van der Waals surface area (Å²) in [6.45, 7) is 1.94. The van der Waals surface area contributed by atoms with Crippen LogP contribution in [-0.2, 0) is 0 Å². The SMILES string of the molecule is COc1cc(Br)c(C(Br)c2cc(C)ccc2F)cc1OC. The minimum atomic E-state index is -0.286. The highest BCUT2D eigenvalue weighted by molar-refractivity contribution is 9.11. The van der Waals surface area contributed by atoms with Crippen molar-refractivity contribution in [1.29, 1.82) is 0 Å². The minimum Gasteiger partial charge on any atom is -0.493 e. The number of hydrogen-bond donors (Lipinski definition) is 0. The zero-order chi connectivity index (χ0) is 15.6. The van der Waals surface area contributed by atoms with Crippen LogP contribution in [0.1, 0.15) is 21.5 Å². The van der Waals surface area contributed by atoms with Crippen LogP contribution in [0.5, 0.6) is 11.5 Å². The van der Waals surface area contributed by atoms with E-state index in [4.69, 9.17) is 9.47 Å². The Labute approximate surface area is 140 Å². The third kappa shape index (κ3) is 3.40. The minimum absolute atomic E-state index is 0.246. The molecule has 0 heterocycles. The molecule has 0 aliphatic carbocycles. The Morgan fingerprint density at radius 2 is 1.62 bits per heavy atom. The van der Waals surface area contributed by atoms with Gasteiger partial charge in [0.1, 0.15) is 5.82 Å². The molecule has 0 aliphatic heterocycles. The number of alkyl halides is 1. The van der Waals surface area contributed by atoms with Crippen molar-refractivity contribution in [3.8, 4) is 11.5 Å². The Hall–Kier alpha value is -1.07. The first-order valence-electron chi connectivity index (χ1n) is 6.29. The normalized spacial score (nSPS) is 12.1. The van der Waals surface area contributed by atoms with Crippen LogP contribution >= 0.6 is 31.9 Å². The van der Waals surface area contributed by atoms with Gasteiger partial charge in [0.2, 0.25) is 0 Å². The highest BCUT2D eigenvalue weighted by atomic mass is 79.9. The molecule has 21 heavy (non-hydrogen) atoms.